The molecule has 0 bridgehead atoms. The molecule has 36 heavy (non-hydrogen) atoms. The third-order valence-corrected chi connectivity index (χ3v) is 5.45. The second-order valence-electron chi connectivity index (χ2n) is 8.02. The van der Waals surface area contributed by atoms with Gasteiger partial charge in [-0.1, -0.05) is 42.5 Å². The van der Waals surface area contributed by atoms with E-state index in [-0.39, 0.29) is 0 Å². The van der Waals surface area contributed by atoms with Crippen molar-refractivity contribution in [3.8, 4) is 34.4 Å². The monoisotopic (exact) mass is 490 g/mol. The Morgan fingerprint density at radius 3 is 2.58 bits per heavy atom. The van der Waals surface area contributed by atoms with E-state index < -0.39 is 0 Å². The Morgan fingerprint density at radius 2 is 1.78 bits per heavy atom. The maximum absolute atomic E-state index is 12.6. The number of hydrogen-bond acceptors (Lipinski definition) is 7. The SMILES string of the molecule is COCCOc1cccc(-c2nc(-c3cc(OC)cc[n+]3[O-])n(CCCOCc3ccccc3)n2)c1. The number of methoxy groups -OCH3 is 2. The van der Waals surface area contributed by atoms with Gasteiger partial charge in [-0.05, 0) is 24.1 Å². The molecule has 0 saturated carbocycles. The quantitative estimate of drug-likeness (QED) is 0.159. The molecular weight excluding hydrogens is 460 g/mol. The van der Waals surface area contributed by atoms with Gasteiger partial charge >= 0.3 is 0 Å². The van der Waals surface area contributed by atoms with Crippen LogP contribution in [0.5, 0.6) is 11.5 Å². The third kappa shape index (κ3) is 6.59. The highest BCUT2D eigenvalue weighted by atomic mass is 16.5. The van der Waals surface area contributed by atoms with Crippen LogP contribution in [0.2, 0.25) is 0 Å². The zero-order valence-corrected chi connectivity index (χ0v) is 20.5. The maximum Gasteiger partial charge on any atom is 0.265 e. The molecule has 0 aliphatic heterocycles. The molecule has 0 atom stereocenters. The summed E-state index contributed by atoms with van der Waals surface area (Å²) in [4.78, 5) is 4.73. The zero-order chi connectivity index (χ0) is 25.2. The second-order valence-corrected chi connectivity index (χ2v) is 8.02. The van der Waals surface area contributed by atoms with Gasteiger partial charge in [0, 0.05) is 31.9 Å². The molecule has 0 spiro atoms. The molecule has 9 nitrogen and oxygen atoms in total. The Kier molecular flexibility index (Phi) is 8.85. The predicted molar refractivity (Wildman–Crippen MR) is 134 cm³/mol. The number of ether oxygens (including phenoxy) is 4. The lowest BCUT2D eigenvalue weighted by atomic mass is 10.2. The van der Waals surface area contributed by atoms with E-state index in [4.69, 9.17) is 29.0 Å². The number of hydrogen-bond donors (Lipinski definition) is 0. The van der Waals surface area contributed by atoms with Gasteiger partial charge in [-0.3, -0.25) is 0 Å². The number of benzene rings is 2. The van der Waals surface area contributed by atoms with E-state index in [2.05, 4.69) is 0 Å². The molecule has 0 amide bonds. The highest BCUT2D eigenvalue weighted by molar-refractivity contribution is 5.60. The molecule has 188 valence electrons. The summed E-state index contributed by atoms with van der Waals surface area (Å²) in [5.41, 5.74) is 2.26. The topological polar surface area (TPSA) is 94.6 Å². The lowest BCUT2D eigenvalue weighted by Gasteiger charge is -2.08. The van der Waals surface area contributed by atoms with Crippen molar-refractivity contribution >= 4 is 0 Å². The van der Waals surface area contributed by atoms with E-state index in [1.54, 1.807) is 31.0 Å². The molecule has 0 fully saturated rings. The highest BCUT2D eigenvalue weighted by Crippen LogP contribution is 2.25. The van der Waals surface area contributed by atoms with Gasteiger partial charge in [-0.15, -0.1) is 0 Å². The highest BCUT2D eigenvalue weighted by Gasteiger charge is 2.21. The summed E-state index contributed by atoms with van der Waals surface area (Å²) in [5, 5.41) is 17.4. The Labute approximate surface area is 210 Å². The smallest absolute Gasteiger partial charge is 0.265 e. The van der Waals surface area contributed by atoms with Crippen molar-refractivity contribution in [2.75, 3.05) is 34.0 Å². The van der Waals surface area contributed by atoms with Gasteiger partial charge in [0.25, 0.3) is 5.69 Å². The molecular formula is C27H30N4O5. The average Bonchev–Trinajstić information content (AvgIpc) is 3.34. The molecule has 4 aromatic rings. The molecule has 0 unspecified atom stereocenters. The first kappa shape index (κ1) is 25.2. The summed E-state index contributed by atoms with van der Waals surface area (Å²) in [5.74, 6) is 2.20. The van der Waals surface area contributed by atoms with E-state index in [1.807, 2.05) is 54.6 Å². The first-order valence-corrected chi connectivity index (χ1v) is 11.7. The molecule has 0 saturated heterocycles. The van der Waals surface area contributed by atoms with Crippen molar-refractivity contribution in [1.29, 1.82) is 0 Å². The number of pyridine rings is 1. The largest absolute Gasteiger partial charge is 0.618 e. The van der Waals surface area contributed by atoms with Crippen molar-refractivity contribution in [2.24, 2.45) is 0 Å². The van der Waals surface area contributed by atoms with E-state index in [1.165, 1.54) is 6.20 Å². The fraction of sp³-hybridized carbons (Fsp3) is 0.296. The molecule has 0 N–H and O–H groups in total. The number of rotatable bonds is 13. The normalized spacial score (nSPS) is 10.9. The van der Waals surface area contributed by atoms with Crippen LogP contribution >= 0.6 is 0 Å². The van der Waals surface area contributed by atoms with Crippen LogP contribution in [0.25, 0.3) is 22.9 Å². The van der Waals surface area contributed by atoms with Crippen LogP contribution in [0.3, 0.4) is 0 Å². The van der Waals surface area contributed by atoms with E-state index in [9.17, 15) is 5.21 Å². The molecule has 0 aliphatic rings. The van der Waals surface area contributed by atoms with Gasteiger partial charge in [0.05, 0.1) is 26.4 Å². The summed E-state index contributed by atoms with van der Waals surface area (Å²) in [6.07, 6.45) is 2.10. The number of aromatic nitrogens is 4. The second kappa shape index (κ2) is 12.7. The first-order chi connectivity index (χ1) is 17.7. The van der Waals surface area contributed by atoms with Crippen LogP contribution < -0.4 is 14.2 Å². The van der Waals surface area contributed by atoms with Crippen molar-refractivity contribution in [3.05, 3.63) is 83.7 Å². The van der Waals surface area contributed by atoms with Crippen molar-refractivity contribution < 1.29 is 23.7 Å². The molecule has 9 heteroatoms. The van der Waals surface area contributed by atoms with Gasteiger partial charge in [-0.25, -0.2) is 9.67 Å². The molecule has 2 aromatic heterocycles. The Balaban J connectivity index is 1.54. The summed E-state index contributed by atoms with van der Waals surface area (Å²) in [6, 6.07) is 20.8. The Morgan fingerprint density at radius 1 is 0.917 bits per heavy atom. The van der Waals surface area contributed by atoms with Crippen LogP contribution in [0.15, 0.2) is 72.9 Å². The summed E-state index contributed by atoms with van der Waals surface area (Å²) < 4.78 is 24.4. The van der Waals surface area contributed by atoms with Gasteiger partial charge in [0.15, 0.2) is 12.0 Å². The van der Waals surface area contributed by atoms with Crippen LogP contribution in [0, 0.1) is 5.21 Å². The lowest BCUT2D eigenvalue weighted by Crippen LogP contribution is -2.29. The molecule has 0 radical (unpaired) electrons. The van der Waals surface area contributed by atoms with E-state index >= 15 is 0 Å². The zero-order valence-electron chi connectivity index (χ0n) is 20.5. The molecule has 2 heterocycles. The molecule has 4 rings (SSSR count). The lowest BCUT2D eigenvalue weighted by molar-refractivity contribution is -0.594. The van der Waals surface area contributed by atoms with Crippen molar-refractivity contribution in [2.45, 2.75) is 19.6 Å². The van der Waals surface area contributed by atoms with Crippen LogP contribution in [0.1, 0.15) is 12.0 Å². The minimum absolute atomic E-state index is 0.353. The Bertz CT molecular complexity index is 1250. The van der Waals surface area contributed by atoms with E-state index in [0.717, 1.165) is 15.9 Å². The van der Waals surface area contributed by atoms with Crippen LogP contribution in [0.4, 0.5) is 0 Å². The maximum atomic E-state index is 12.6. The fourth-order valence-corrected chi connectivity index (χ4v) is 3.62. The third-order valence-electron chi connectivity index (χ3n) is 5.45. The van der Waals surface area contributed by atoms with Gasteiger partial charge in [0.2, 0.25) is 5.82 Å². The average molecular weight is 491 g/mol. The number of nitrogens with zero attached hydrogens (tertiary/aromatic N) is 4. The van der Waals surface area contributed by atoms with Gasteiger partial charge < -0.3 is 24.2 Å². The minimum Gasteiger partial charge on any atom is -0.618 e. The predicted octanol–water partition coefficient (Wildman–Crippen LogP) is 3.89. The first-order valence-electron chi connectivity index (χ1n) is 11.7. The van der Waals surface area contributed by atoms with Crippen LogP contribution in [-0.4, -0.2) is 48.8 Å². The summed E-state index contributed by atoms with van der Waals surface area (Å²) in [6.45, 7) is 2.55. The van der Waals surface area contributed by atoms with Crippen molar-refractivity contribution in [3.63, 3.8) is 0 Å². The molecule has 0 aliphatic carbocycles. The minimum atomic E-state index is 0.353. The molecule has 2 aromatic carbocycles. The summed E-state index contributed by atoms with van der Waals surface area (Å²) >= 11 is 0. The van der Waals surface area contributed by atoms with Crippen LogP contribution in [-0.2, 0) is 22.6 Å². The van der Waals surface area contributed by atoms with Gasteiger partial charge in [0.1, 0.15) is 18.1 Å². The number of aryl methyl sites for hydroxylation is 1. The van der Waals surface area contributed by atoms with Gasteiger partial charge in [-0.2, -0.15) is 9.83 Å². The standard InChI is InChI=1S/C27H30N4O5/c1-33-16-17-36-24-11-6-10-22(18-24)26-28-27(25-19-23(34-2)12-14-31(25)32)30(29-26)13-7-15-35-20-21-8-4-3-5-9-21/h3-6,8-12,14,18-19H,7,13,15-17,20H2,1-2H3. The van der Waals surface area contributed by atoms with Crippen molar-refractivity contribution in [1.82, 2.24) is 14.8 Å². The van der Waals surface area contributed by atoms with E-state index in [0.29, 0.717) is 68.2 Å². The Hall–Kier alpha value is -3.95. The summed E-state index contributed by atoms with van der Waals surface area (Å²) in [7, 11) is 3.19. The fourth-order valence-electron chi connectivity index (χ4n) is 3.62.